The highest BCUT2D eigenvalue weighted by Crippen LogP contribution is 2.34. The second-order valence-corrected chi connectivity index (χ2v) is 10.5. The molecule has 0 saturated carbocycles. The van der Waals surface area contributed by atoms with Gasteiger partial charge in [0.05, 0.1) is 35.2 Å². The van der Waals surface area contributed by atoms with E-state index in [2.05, 4.69) is 5.32 Å². The summed E-state index contributed by atoms with van der Waals surface area (Å²) in [5.74, 6) is -5.55. The normalized spacial score (nSPS) is 20.8. The Labute approximate surface area is 212 Å². The monoisotopic (exact) mass is 511 g/mol. The van der Waals surface area contributed by atoms with E-state index in [4.69, 9.17) is 5.73 Å². The summed E-state index contributed by atoms with van der Waals surface area (Å²) in [7, 11) is 0. The van der Waals surface area contributed by atoms with Crippen LogP contribution in [0, 0.1) is 17.8 Å². The fraction of sp³-hybridized carbons (Fsp3) is 0.423. The average Bonchev–Trinajstić information content (AvgIpc) is 3.36. The van der Waals surface area contributed by atoms with Crippen LogP contribution in [0.5, 0.6) is 0 Å². The zero-order valence-electron chi connectivity index (χ0n) is 20.1. The molecule has 36 heavy (non-hydrogen) atoms. The molecule has 4 rings (SSSR count). The van der Waals surface area contributed by atoms with Crippen molar-refractivity contribution in [3.8, 4) is 0 Å². The lowest BCUT2D eigenvalue weighted by Crippen LogP contribution is -2.55. The number of thioether (sulfide) groups is 1. The number of nitrogens with two attached hydrogens (primary N) is 1. The summed E-state index contributed by atoms with van der Waals surface area (Å²) < 4.78 is 0. The SMILES string of the molecule is CCC[C@H](C(=O)N[C@H]1CCSC1=O)[C@H](C(=O)O)C(C)C(N)N1C(=O)c2cc3ccccc3cc2C1=O. The molecule has 0 spiro atoms. The standard InChI is InChI=1S/C26H29N3O6S/c1-3-6-16(22(30)28-19-9-10-36-26(19)35)20(25(33)34)13(2)21(27)29-23(31)17-11-14-7-4-5-8-15(14)12-18(17)24(29)32/h4-5,7-8,11-13,16,19-21H,3,6,9-10,27H2,1-2H3,(H,28,30)(H,33,34)/t13?,16-,19-,20+,21?/m0/s1. The fourth-order valence-corrected chi connectivity index (χ4v) is 6.05. The molecule has 2 unspecified atom stereocenters. The number of carbonyl (C=O) groups excluding carboxylic acids is 4. The molecule has 3 amide bonds. The maximum atomic E-state index is 13.2. The third-order valence-corrected chi connectivity index (χ3v) is 8.10. The first-order valence-corrected chi connectivity index (χ1v) is 13.0. The topological polar surface area (TPSA) is 147 Å². The Morgan fingerprint density at radius 3 is 2.19 bits per heavy atom. The van der Waals surface area contributed by atoms with Gasteiger partial charge in [-0.2, -0.15) is 0 Å². The molecule has 0 aliphatic carbocycles. The Bertz CT molecular complexity index is 1190. The van der Waals surface area contributed by atoms with Crippen molar-refractivity contribution in [2.24, 2.45) is 23.5 Å². The van der Waals surface area contributed by atoms with Gasteiger partial charge in [0.25, 0.3) is 11.8 Å². The van der Waals surface area contributed by atoms with Crippen molar-refractivity contribution in [1.82, 2.24) is 10.2 Å². The van der Waals surface area contributed by atoms with Crippen LogP contribution in [-0.4, -0.2) is 56.8 Å². The van der Waals surface area contributed by atoms with Crippen molar-refractivity contribution < 1.29 is 29.1 Å². The van der Waals surface area contributed by atoms with E-state index in [1.807, 2.05) is 31.2 Å². The molecule has 1 fully saturated rings. The Balaban J connectivity index is 1.61. The van der Waals surface area contributed by atoms with Crippen molar-refractivity contribution in [2.75, 3.05) is 5.75 Å². The molecular weight excluding hydrogens is 482 g/mol. The van der Waals surface area contributed by atoms with Crippen LogP contribution >= 0.6 is 11.8 Å². The molecule has 9 nitrogen and oxygen atoms in total. The van der Waals surface area contributed by atoms with Gasteiger partial charge in [-0.05, 0) is 35.7 Å². The zero-order chi connectivity index (χ0) is 26.1. The van der Waals surface area contributed by atoms with Crippen LogP contribution < -0.4 is 11.1 Å². The first-order chi connectivity index (χ1) is 17.1. The van der Waals surface area contributed by atoms with Gasteiger partial charge >= 0.3 is 5.97 Å². The molecule has 190 valence electrons. The van der Waals surface area contributed by atoms with Crippen LogP contribution in [0.3, 0.4) is 0 Å². The molecule has 10 heteroatoms. The third kappa shape index (κ3) is 4.62. The molecule has 2 aromatic carbocycles. The van der Waals surface area contributed by atoms with Crippen molar-refractivity contribution in [1.29, 1.82) is 0 Å². The molecule has 0 radical (unpaired) electrons. The number of fused-ring (bicyclic) bond motifs is 2. The van der Waals surface area contributed by atoms with E-state index in [-0.39, 0.29) is 22.7 Å². The second-order valence-electron chi connectivity index (χ2n) is 9.35. The lowest BCUT2D eigenvalue weighted by atomic mass is 9.77. The average molecular weight is 512 g/mol. The van der Waals surface area contributed by atoms with Crippen LogP contribution in [0.15, 0.2) is 36.4 Å². The first-order valence-electron chi connectivity index (χ1n) is 12.0. The van der Waals surface area contributed by atoms with Crippen LogP contribution in [0.1, 0.15) is 53.8 Å². The van der Waals surface area contributed by atoms with Gasteiger partial charge in [-0.25, -0.2) is 0 Å². The second kappa shape index (κ2) is 10.4. The highest BCUT2D eigenvalue weighted by molar-refractivity contribution is 8.14. The summed E-state index contributed by atoms with van der Waals surface area (Å²) in [6.45, 7) is 3.37. The van der Waals surface area contributed by atoms with Crippen molar-refractivity contribution >= 4 is 51.3 Å². The number of amides is 3. The van der Waals surface area contributed by atoms with Gasteiger partial charge in [-0.15, -0.1) is 0 Å². The summed E-state index contributed by atoms with van der Waals surface area (Å²) in [5, 5.41) is 14.3. The van der Waals surface area contributed by atoms with Crippen LogP contribution in [0.25, 0.3) is 10.8 Å². The third-order valence-electron chi connectivity index (χ3n) is 7.09. The number of hydrogen-bond acceptors (Lipinski definition) is 7. The van der Waals surface area contributed by atoms with E-state index in [1.165, 1.54) is 6.92 Å². The largest absolute Gasteiger partial charge is 0.481 e. The Kier molecular flexibility index (Phi) is 7.46. The number of hydrogen-bond donors (Lipinski definition) is 3. The Morgan fingerprint density at radius 1 is 1.14 bits per heavy atom. The molecule has 2 aromatic rings. The van der Waals surface area contributed by atoms with Crippen molar-refractivity contribution in [2.45, 2.75) is 45.3 Å². The number of benzene rings is 2. The highest BCUT2D eigenvalue weighted by Gasteiger charge is 2.46. The summed E-state index contributed by atoms with van der Waals surface area (Å²) in [4.78, 5) is 65.0. The number of imide groups is 1. The molecule has 0 bridgehead atoms. The number of aliphatic carboxylic acids is 1. The van der Waals surface area contributed by atoms with Gasteiger partial charge in [-0.3, -0.25) is 28.9 Å². The number of carbonyl (C=O) groups is 5. The molecular formula is C26H29N3O6S. The predicted octanol–water partition coefficient (Wildman–Crippen LogP) is 2.62. The maximum absolute atomic E-state index is 13.2. The molecule has 2 heterocycles. The zero-order valence-corrected chi connectivity index (χ0v) is 20.9. The number of carboxylic acid groups (broad SMARTS) is 1. The summed E-state index contributed by atoms with van der Waals surface area (Å²) in [6.07, 6.45) is 0.000105. The van der Waals surface area contributed by atoms with E-state index in [1.54, 1.807) is 12.1 Å². The van der Waals surface area contributed by atoms with Gasteiger partial charge in [0.2, 0.25) is 11.0 Å². The molecule has 1 saturated heterocycles. The van der Waals surface area contributed by atoms with E-state index in [0.717, 1.165) is 27.4 Å². The first kappa shape index (κ1) is 25.8. The number of carboxylic acids is 1. The van der Waals surface area contributed by atoms with Gasteiger partial charge in [-0.1, -0.05) is 56.3 Å². The van der Waals surface area contributed by atoms with Gasteiger partial charge in [0.15, 0.2) is 0 Å². The highest BCUT2D eigenvalue weighted by atomic mass is 32.2. The molecule has 2 aliphatic rings. The maximum Gasteiger partial charge on any atom is 0.307 e. The predicted molar refractivity (Wildman–Crippen MR) is 135 cm³/mol. The minimum Gasteiger partial charge on any atom is -0.481 e. The number of nitrogens with one attached hydrogen (secondary N) is 1. The molecule has 0 aromatic heterocycles. The van der Waals surface area contributed by atoms with E-state index >= 15 is 0 Å². The summed E-state index contributed by atoms with van der Waals surface area (Å²) >= 11 is 1.14. The minimum absolute atomic E-state index is 0.145. The van der Waals surface area contributed by atoms with Crippen molar-refractivity contribution in [3.05, 3.63) is 47.5 Å². The van der Waals surface area contributed by atoms with Gasteiger partial charge in [0.1, 0.15) is 0 Å². The number of nitrogens with zero attached hydrogens (tertiary/aromatic N) is 1. The Morgan fingerprint density at radius 2 is 1.72 bits per heavy atom. The van der Waals surface area contributed by atoms with E-state index < -0.39 is 53.7 Å². The van der Waals surface area contributed by atoms with E-state index in [0.29, 0.717) is 18.6 Å². The van der Waals surface area contributed by atoms with Crippen LogP contribution in [0.4, 0.5) is 0 Å². The Hall–Kier alpha value is -3.24. The summed E-state index contributed by atoms with van der Waals surface area (Å²) in [6, 6.07) is 9.96. The molecule has 4 N–H and O–H groups in total. The van der Waals surface area contributed by atoms with Gasteiger partial charge in [0, 0.05) is 11.7 Å². The fourth-order valence-electron chi connectivity index (χ4n) is 5.12. The van der Waals surface area contributed by atoms with Gasteiger partial charge < -0.3 is 16.2 Å². The quantitative estimate of drug-likeness (QED) is 0.435. The smallest absolute Gasteiger partial charge is 0.307 e. The number of rotatable bonds is 9. The molecule has 5 atom stereocenters. The minimum atomic E-state index is -1.27. The lowest BCUT2D eigenvalue weighted by molar-refractivity contribution is -0.151. The van der Waals surface area contributed by atoms with Crippen molar-refractivity contribution in [3.63, 3.8) is 0 Å². The van der Waals surface area contributed by atoms with Crippen LogP contribution in [-0.2, 0) is 14.4 Å². The molecule has 2 aliphatic heterocycles. The van der Waals surface area contributed by atoms with Crippen LogP contribution in [0.2, 0.25) is 0 Å². The van der Waals surface area contributed by atoms with E-state index in [9.17, 15) is 29.1 Å². The summed E-state index contributed by atoms with van der Waals surface area (Å²) in [5.41, 5.74) is 6.83. The lowest BCUT2D eigenvalue weighted by Gasteiger charge is -2.35.